The summed E-state index contributed by atoms with van der Waals surface area (Å²) >= 11 is 4.61. The lowest BCUT2D eigenvalue weighted by molar-refractivity contribution is 0.535. The van der Waals surface area contributed by atoms with E-state index in [9.17, 15) is 4.39 Å². The van der Waals surface area contributed by atoms with E-state index in [1.54, 1.807) is 5.38 Å². The summed E-state index contributed by atoms with van der Waals surface area (Å²) < 4.78 is 13.8. The van der Waals surface area contributed by atoms with Crippen molar-refractivity contribution in [3.05, 3.63) is 20.5 Å². The Labute approximate surface area is 78.6 Å². The minimum Gasteiger partial charge on any atom is -0.205 e. The molecule has 0 N–H and O–H groups in total. The molecular formula is C8H10BrFS. The maximum absolute atomic E-state index is 13.2. The van der Waals surface area contributed by atoms with Crippen LogP contribution < -0.4 is 0 Å². The third-order valence-electron chi connectivity index (χ3n) is 1.37. The zero-order valence-corrected chi connectivity index (χ0v) is 9.14. The van der Waals surface area contributed by atoms with Gasteiger partial charge in [-0.3, -0.25) is 0 Å². The normalized spacial score (nSPS) is 12.1. The SMILES string of the molecule is CC(C)(C)c1scc(Br)c1F. The highest BCUT2D eigenvalue weighted by atomic mass is 79.9. The smallest absolute Gasteiger partial charge is 0.151 e. The third-order valence-corrected chi connectivity index (χ3v) is 3.63. The van der Waals surface area contributed by atoms with Crippen molar-refractivity contribution in [2.75, 3.05) is 0 Å². The molecule has 62 valence electrons. The molecule has 0 aromatic carbocycles. The Kier molecular flexibility index (Phi) is 2.40. The molecular weight excluding hydrogens is 227 g/mol. The number of halogens is 2. The van der Waals surface area contributed by atoms with Crippen LogP contribution >= 0.6 is 27.3 Å². The van der Waals surface area contributed by atoms with Crippen molar-refractivity contribution < 1.29 is 4.39 Å². The van der Waals surface area contributed by atoms with Gasteiger partial charge in [-0.05, 0) is 21.3 Å². The molecule has 0 aliphatic carbocycles. The average Bonchev–Trinajstić information content (AvgIpc) is 2.11. The van der Waals surface area contributed by atoms with Gasteiger partial charge in [0.2, 0.25) is 0 Å². The first-order valence-corrected chi connectivity index (χ1v) is 5.03. The summed E-state index contributed by atoms with van der Waals surface area (Å²) in [6.45, 7) is 6.02. The van der Waals surface area contributed by atoms with E-state index in [1.165, 1.54) is 11.3 Å². The van der Waals surface area contributed by atoms with Crippen LogP contribution in [0.1, 0.15) is 25.6 Å². The Morgan fingerprint density at radius 2 is 2.00 bits per heavy atom. The van der Waals surface area contributed by atoms with E-state index in [4.69, 9.17) is 0 Å². The van der Waals surface area contributed by atoms with Gasteiger partial charge in [0.1, 0.15) is 0 Å². The van der Waals surface area contributed by atoms with Crippen molar-refractivity contribution >= 4 is 27.3 Å². The van der Waals surface area contributed by atoms with Crippen LogP contribution in [-0.2, 0) is 5.41 Å². The fourth-order valence-corrected chi connectivity index (χ4v) is 2.33. The monoisotopic (exact) mass is 236 g/mol. The number of thiophene rings is 1. The van der Waals surface area contributed by atoms with Gasteiger partial charge in [0.15, 0.2) is 5.82 Å². The summed E-state index contributed by atoms with van der Waals surface area (Å²) in [6.07, 6.45) is 0. The molecule has 0 nitrogen and oxygen atoms in total. The van der Waals surface area contributed by atoms with Crippen LogP contribution in [0.25, 0.3) is 0 Å². The van der Waals surface area contributed by atoms with Crippen LogP contribution in [0.2, 0.25) is 0 Å². The summed E-state index contributed by atoms with van der Waals surface area (Å²) in [5, 5.41) is 1.79. The van der Waals surface area contributed by atoms with E-state index in [-0.39, 0.29) is 11.2 Å². The van der Waals surface area contributed by atoms with Crippen LogP contribution in [0, 0.1) is 5.82 Å². The highest BCUT2D eigenvalue weighted by Gasteiger charge is 2.21. The zero-order valence-electron chi connectivity index (χ0n) is 6.74. The molecule has 0 spiro atoms. The first-order valence-electron chi connectivity index (χ1n) is 3.36. The molecule has 0 aliphatic heterocycles. The topological polar surface area (TPSA) is 0 Å². The molecule has 0 unspecified atom stereocenters. The maximum Gasteiger partial charge on any atom is 0.151 e. The molecule has 1 rings (SSSR count). The molecule has 1 aromatic rings. The molecule has 3 heteroatoms. The molecule has 0 bridgehead atoms. The van der Waals surface area contributed by atoms with Crippen LogP contribution in [0.15, 0.2) is 9.85 Å². The third kappa shape index (κ3) is 1.82. The molecule has 0 fully saturated rings. The van der Waals surface area contributed by atoms with Gasteiger partial charge >= 0.3 is 0 Å². The largest absolute Gasteiger partial charge is 0.205 e. The highest BCUT2D eigenvalue weighted by Crippen LogP contribution is 2.34. The standard InChI is InChI=1S/C8H10BrFS/c1-8(2,3)7-6(10)5(9)4-11-7/h4H,1-3H3. The fourth-order valence-electron chi connectivity index (χ4n) is 0.829. The first-order chi connectivity index (χ1) is 4.93. The van der Waals surface area contributed by atoms with Gasteiger partial charge < -0.3 is 0 Å². The van der Waals surface area contributed by atoms with Crippen molar-refractivity contribution in [1.82, 2.24) is 0 Å². The molecule has 0 saturated heterocycles. The van der Waals surface area contributed by atoms with Crippen molar-refractivity contribution in [3.63, 3.8) is 0 Å². The van der Waals surface area contributed by atoms with Crippen LogP contribution in [0.5, 0.6) is 0 Å². The van der Waals surface area contributed by atoms with Gasteiger partial charge in [-0.1, -0.05) is 20.8 Å². The molecule has 1 heterocycles. The molecule has 0 atom stereocenters. The summed E-state index contributed by atoms with van der Waals surface area (Å²) in [6, 6.07) is 0. The van der Waals surface area contributed by atoms with Gasteiger partial charge in [-0.25, -0.2) is 4.39 Å². The number of hydrogen-bond donors (Lipinski definition) is 0. The minimum absolute atomic E-state index is 0.0826. The van der Waals surface area contributed by atoms with Crippen LogP contribution in [-0.4, -0.2) is 0 Å². The van der Waals surface area contributed by atoms with E-state index >= 15 is 0 Å². The van der Waals surface area contributed by atoms with E-state index in [0.29, 0.717) is 4.47 Å². The molecule has 0 aliphatic rings. The summed E-state index contributed by atoms with van der Waals surface area (Å²) in [5.74, 6) is -0.109. The molecule has 0 saturated carbocycles. The van der Waals surface area contributed by atoms with E-state index in [0.717, 1.165) is 4.88 Å². The maximum atomic E-state index is 13.2. The lowest BCUT2D eigenvalue weighted by Crippen LogP contribution is -2.10. The number of hydrogen-bond acceptors (Lipinski definition) is 1. The molecule has 0 radical (unpaired) electrons. The number of rotatable bonds is 0. The Morgan fingerprint density at radius 1 is 1.45 bits per heavy atom. The van der Waals surface area contributed by atoms with Crippen molar-refractivity contribution in [2.24, 2.45) is 0 Å². The summed E-state index contributed by atoms with van der Waals surface area (Å²) in [7, 11) is 0. The van der Waals surface area contributed by atoms with Crippen molar-refractivity contribution in [2.45, 2.75) is 26.2 Å². The predicted octanol–water partition coefficient (Wildman–Crippen LogP) is 3.95. The Hall–Kier alpha value is 0.110. The minimum atomic E-state index is -0.109. The lowest BCUT2D eigenvalue weighted by Gasteiger charge is -2.15. The van der Waals surface area contributed by atoms with E-state index in [1.807, 2.05) is 20.8 Å². The first kappa shape index (κ1) is 9.20. The Bertz CT molecular complexity index is 260. The van der Waals surface area contributed by atoms with Gasteiger partial charge in [0.25, 0.3) is 0 Å². The second kappa shape index (κ2) is 2.87. The van der Waals surface area contributed by atoms with Crippen molar-refractivity contribution in [1.29, 1.82) is 0 Å². The molecule has 1 aromatic heterocycles. The van der Waals surface area contributed by atoms with Crippen LogP contribution in [0.4, 0.5) is 4.39 Å². The van der Waals surface area contributed by atoms with Gasteiger partial charge in [-0.2, -0.15) is 0 Å². The van der Waals surface area contributed by atoms with E-state index in [2.05, 4.69) is 15.9 Å². The second-order valence-electron chi connectivity index (χ2n) is 3.48. The molecule has 11 heavy (non-hydrogen) atoms. The van der Waals surface area contributed by atoms with Gasteiger partial charge in [0.05, 0.1) is 4.47 Å². The van der Waals surface area contributed by atoms with Crippen molar-refractivity contribution in [3.8, 4) is 0 Å². The fraction of sp³-hybridized carbons (Fsp3) is 0.500. The zero-order chi connectivity index (χ0) is 8.65. The summed E-state index contributed by atoms with van der Waals surface area (Å²) in [4.78, 5) is 0.810. The van der Waals surface area contributed by atoms with Gasteiger partial charge in [0, 0.05) is 10.3 Å². The average molecular weight is 237 g/mol. The quantitative estimate of drug-likeness (QED) is 0.640. The summed E-state index contributed by atoms with van der Waals surface area (Å²) in [5.41, 5.74) is -0.0826. The Balaban J connectivity index is 3.15. The predicted molar refractivity (Wildman–Crippen MR) is 50.7 cm³/mol. The Morgan fingerprint density at radius 3 is 2.18 bits per heavy atom. The van der Waals surface area contributed by atoms with Crippen LogP contribution in [0.3, 0.4) is 0 Å². The van der Waals surface area contributed by atoms with Gasteiger partial charge in [-0.15, -0.1) is 11.3 Å². The van der Waals surface area contributed by atoms with E-state index < -0.39 is 0 Å². The lowest BCUT2D eigenvalue weighted by atomic mass is 9.94. The molecule has 0 amide bonds. The second-order valence-corrected chi connectivity index (χ2v) is 5.21. The highest BCUT2D eigenvalue weighted by molar-refractivity contribution is 9.10.